The summed E-state index contributed by atoms with van der Waals surface area (Å²) in [7, 11) is 0. The van der Waals surface area contributed by atoms with Crippen molar-refractivity contribution in [3.05, 3.63) is 0 Å². The average molecular weight is 270 g/mol. The number of ether oxygens (including phenoxy) is 1. The molecule has 2 N–H and O–H groups in total. The van der Waals surface area contributed by atoms with Gasteiger partial charge in [-0.15, -0.1) is 0 Å². The van der Waals surface area contributed by atoms with Crippen molar-refractivity contribution in [2.45, 2.75) is 52.7 Å². The summed E-state index contributed by atoms with van der Waals surface area (Å²) in [6.45, 7) is 8.61. The normalized spacial score (nSPS) is 23.7. The molecule has 0 aliphatic carbocycles. The third kappa shape index (κ3) is 4.20. The van der Waals surface area contributed by atoms with Crippen molar-refractivity contribution in [2.24, 2.45) is 17.6 Å². The number of amides is 2. The van der Waals surface area contributed by atoms with E-state index in [-0.39, 0.29) is 36.4 Å². The standard InChI is InChI=1S/C14H26N2O3/c1-9(2)13-11(6-5-7-19-13)14(18)16(10(3)4)8-12(15)17/h9-11,13H,5-8H2,1-4H3,(H2,15,17). The molecule has 2 amide bonds. The molecule has 1 heterocycles. The van der Waals surface area contributed by atoms with E-state index in [0.29, 0.717) is 6.61 Å². The largest absolute Gasteiger partial charge is 0.377 e. The maximum atomic E-state index is 12.6. The lowest BCUT2D eigenvalue weighted by molar-refractivity contribution is -0.151. The summed E-state index contributed by atoms with van der Waals surface area (Å²) in [5.41, 5.74) is 5.23. The van der Waals surface area contributed by atoms with Crippen LogP contribution in [0.25, 0.3) is 0 Å². The molecule has 19 heavy (non-hydrogen) atoms. The molecule has 1 fully saturated rings. The molecule has 1 aliphatic rings. The highest BCUT2D eigenvalue weighted by molar-refractivity contribution is 5.85. The first-order chi connectivity index (χ1) is 8.84. The maximum absolute atomic E-state index is 12.6. The van der Waals surface area contributed by atoms with Crippen LogP contribution in [0.5, 0.6) is 0 Å². The zero-order valence-electron chi connectivity index (χ0n) is 12.4. The van der Waals surface area contributed by atoms with E-state index in [1.165, 1.54) is 0 Å². The molecular weight excluding hydrogens is 244 g/mol. The summed E-state index contributed by atoms with van der Waals surface area (Å²) >= 11 is 0. The molecule has 0 aromatic carbocycles. The fourth-order valence-electron chi connectivity index (χ4n) is 2.62. The summed E-state index contributed by atoms with van der Waals surface area (Å²) in [6, 6.07) is -0.0326. The van der Waals surface area contributed by atoms with Crippen LogP contribution >= 0.6 is 0 Å². The Kier molecular flexibility index (Phi) is 5.79. The highest BCUT2D eigenvalue weighted by Gasteiger charge is 2.37. The molecule has 1 saturated heterocycles. The van der Waals surface area contributed by atoms with Crippen molar-refractivity contribution in [2.75, 3.05) is 13.2 Å². The minimum Gasteiger partial charge on any atom is -0.377 e. The van der Waals surface area contributed by atoms with Crippen LogP contribution in [0.2, 0.25) is 0 Å². The summed E-state index contributed by atoms with van der Waals surface area (Å²) < 4.78 is 5.74. The Hall–Kier alpha value is -1.10. The van der Waals surface area contributed by atoms with Gasteiger partial charge in [-0.2, -0.15) is 0 Å². The Morgan fingerprint density at radius 1 is 1.32 bits per heavy atom. The third-order valence-electron chi connectivity index (χ3n) is 3.57. The van der Waals surface area contributed by atoms with Gasteiger partial charge in [0.1, 0.15) is 0 Å². The minimum absolute atomic E-state index is 0.00722. The van der Waals surface area contributed by atoms with Crippen molar-refractivity contribution in [1.29, 1.82) is 0 Å². The molecule has 0 aromatic rings. The first-order valence-electron chi connectivity index (χ1n) is 7.05. The molecule has 0 spiro atoms. The van der Waals surface area contributed by atoms with Crippen LogP contribution in [-0.4, -0.2) is 42.0 Å². The average Bonchev–Trinajstić information content (AvgIpc) is 2.34. The minimum atomic E-state index is -0.472. The van der Waals surface area contributed by atoms with Crippen LogP contribution in [-0.2, 0) is 14.3 Å². The second kappa shape index (κ2) is 6.89. The van der Waals surface area contributed by atoms with Gasteiger partial charge < -0.3 is 15.4 Å². The Labute approximate surface area is 115 Å². The Bertz CT molecular complexity index is 329. The summed E-state index contributed by atoms with van der Waals surface area (Å²) in [5, 5.41) is 0. The SMILES string of the molecule is CC(C)C1OCCCC1C(=O)N(CC(N)=O)C(C)C. The van der Waals surface area contributed by atoms with Crippen molar-refractivity contribution < 1.29 is 14.3 Å². The van der Waals surface area contributed by atoms with E-state index in [2.05, 4.69) is 13.8 Å². The van der Waals surface area contributed by atoms with Gasteiger partial charge in [-0.25, -0.2) is 0 Å². The third-order valence-corrected chi connectivity index (χ3v) is 3.57. The predicted molar refractivity (Wildman–Crippen MR) is 73.3 cm³/mol. The van der Waals surface area contributed by atoms with Gasteiger partial charge in [0.2, 0.25) is 11.8 Å². The van der Waals surface area contributed by atoms with Crippen molar-refractivity contribution in [3.63, 3.8) is 0 Å². The monoisotopic (exact) mass is 270 g/mol. The van der Waals surface area contributed by atoms with Crippen LogP contribution < -0.4 is 5.73 Å². The van der Waals surface area contributed by atoms with Crippen LogP contribution in [0.3, 0.4) is 0 Å². The van der Waals surface area contributed by atoms with Crippen molar-refractivity contribution >= 4 is 11.8 Å². The van der Waals surface area contributed by atoms with Crippen molar-refractivity contribution in [3.8, 4) is 0 Å². The first-order valence-corrected chi connectivity index (χ1v) is 7.05. The predicted octanol–water partition coefficient (Wildman–Crippen LogP) is 1.16. The number of nitrogens with zero attached hydrogens (tertiary/aromatic N) is 1. The second-order valence-electron chi connectivity index (χ2n) is 5.85. The van der Waals surface area contributed by atoms with Gasteiger partial charge in [0, 0.05) is 12.6 Å². The number of hydrogen-bond donors (Lipinski definition) is 1. The van der Waals surface area contributed by atoms with Crippen LogP contribution in [0, 0.1) is 11.8 Å². The smallest absolute Gasteiger partial charge is 0.237 e. The highest BCUT2D eigenvalue weighted by atomic mass is 16.5. The lowest BCUT2D eigenvalue weighted by Gasteiger charge is -2.37. The quantitative estimate of drug-likeness (QED) is 0.814. The van der Waals surface area contributed by atoms with Crippen molar-refractivity contribution in [1.82, 2.24) is 4.90 Å². The lowest BCUT2D eigenvalue weighted by atomic mass is 9.86. The topological polar surface area (TPSA) is 72.6 Å². The molecule has 2 atom stereocenters. The van der Waals surface area contributed by atoms with E-state index in [1.807, 2.05) is 13.8 Å². The lowest BCUT2D eigenvalue weighted by Crippen LogP contribution is -2.50. The molecule has 0 aromatic heterocycles. The fraction of sp³-hybridized carbons (Fsp3) is 0.857. The number of primary amides is 1. The molecule has 110 valence electrons. The van der Waals surface area contributed by atoms with Gasteiger partial charge in [0.25, 0.3) is 0 Å². The van der Waals surface area contributed by atoms with Gasteiger partial charge >= 0.3 is 0 Å². The van der Waals surface area contributed by atoms with Crippen LogP contribution in [0.4, 0.5) is 0 Å². The number of rotatable bonds is 5. The molecule has 0 radical (unpaired) electrons. The van der Waals surface area contributed by atoms with Gasteiger partial charge in [-0.1, -0.05) is 13.8 Å². The summed E-state index contributed by atoms with van der Waals surface area (Å²) in [4.78, 5) is 25.3. The number of carbonyl (C=O) groups is 2. The zero-order valence-corrected chi connectivity index (χ0v) is 12.4. The molecule has 2 unspecified atom stereocenters. The Morgan fingerprint density at radius 2 is 1.95 bits per heavy atom. The van der Waals surface area contributed by atoms with E-state index in [0.717, 1.165) is 12.8 Å². The Morgan fingerprint density at radius 3 is 2.42 bits per heavy atom. The summed E-state index contributed by atoms with van der Waals surface area (Å²) in [5.74, 6) is -0.348. The van der Waals surface area contributed by atoms with Crippen LogP contribution in [0.1, 0.15) is 40.5 Å². The van der Waals surface area contributed by atoms with E-state index in [1.54, 1.807) is 4.90 Å². The van der Waals surface area contributed by atoms with E-state index in [9.17, 15) is 9.59 Å². The molecule has 1 aliphatic heterocycles. The second-order valence-corrected chi connectivity index (χ2v) is 5.85. The molecular formula is C14H26N2O3. The number of nitrogens with two attached hydrogens (primary N) is 1. The van der Waals surface area contributed by atoms with E-state index in [4.69, 9.17) is 10.5 Å². The van der Waals surface area contributed by atoms with Crippen LogP contribution in [0.15, 0.2) is 0 Å². The van der Waals surface area contributed by atoms with Gasteiger partial charge in [0.05, 0.1) is 18.6 Å². The summed E-state index contributed by atoms with van der Waals surface area (Å²) in [6.07, 6.45) is 1.65. The molecule has 1 rings (SSSR count). The van der Waals surface area contributed by atoms with E-state index < -0.39 is 5.91 Å². The number of carbonyl (C=O) groups excluding carboxylic acids is 2. The van der Waals surface area contributed by atoms with E-state index >= 15 is 0 Å². The Balaban J connectivity index is 2.84. The fourth-order valence-corrected chi connectivity index (χ4v) is 2.62. The van der Waals surface area contributed by atoms with Gasteiger partial charge in [0.15, 0.2) is 0 Å². The van der Waals surface area contributed by atoms with Gasteiger partial charge in [-0.05, 0) is 32.6 Å². The van der Waals surface area contributed by atoms with Gasteiger partial charge in [-0.3, -0.25) is 9.59 Å². The molecule has 0 saturated carbocycles. The number of hydrogen-bond acceptors (Lipinski definition) is 3. The molecule has 5 heteroatoms. The highest BCUT2D eigenvalue weighted by Crippen LogP contribution is 2.28. The first kappa shape index (κ1) is 16.0. The molecule has 5 nitrogen and oxygen atoms in total. The maximum Gasteiger partial charge on any atom is 0.237 e. The zero-order chi connectivity index (χ0) is 14.6. The molecule has 0 bridgehead atoms.